The molecular formula is C16H25Cl2N3O. The predicted octanol–water partition coefficient (Wildman–Crippen LogP) is 3.15. The largest absolute Gasteiger partial charge is 0.328 e. The van der Waals surface area contributed by atoms with E-state index >= 15 is 0 Å². The molecule has 1 aliphatic heterocycles. The lowest BCUT2D eigenvalue weighted by Gasteiger charge is -2.33. The summed E-state index contributed by atoms with van der Waals surface area (Å²) in [6.45, 7) is 4.96. The molecule has 0 saturated carbocycles. The number of nitrogens with two attached hydrogens (primary N) is 1. The molecule has 1 atom stereocenters. The molecule has 0 bridgehead atoms. The van der Waals surface area contributed by atoms with Gasteiger partial charge in [0.05, 0.1) is 0 Å². The SMILES string of the molecule is CC(N)C1CCN(CCC(=O)Nc2cccc(Cl)c2)CC1.Cl. The van der Waals surface area contributed by atoms with Crippen LogP contribution in [0.1, 0.15) is 26.2 Å². The second-order valence-corrected chi connectivity index (χ2v) is 6.28. The number of piperidine rings is 1. The molecule has 0 radical (unpaired) electrons. The standard InChI is InChI=1S/C16H24ClN3O.ClH/c1-12(18)13-5-8-20(9-6-13)10-7-16(21)19-15-4-2-3-14(17)11-15;/h2-4,11-13H,5-10,18H2,1H3,(H,19,21);1H. The van der Waals surface area contributed by atoms with Gasteiger partial charge in [-0.15, -0.1) is 12.4 Å². The maximum atomic E-state index is 11.9. The molecule has 0 spiro atoms. The molecule has 124 valence electrons. The molecule has 3 N–H and O–H groups in total. The van der Waals surface area contributed by atoms with Crippen molar-refractivity contribution in [3.63, 3.8) is 0 Å². The highest BCUT2D eigenvalue weighted by Gasteiger charge is 2.21. The van der Waals surface area contributed by atoms with E-state index in [1.165, 1.54) is 0 Å². The van der Waals surface area contributed by atoms with Gasteiger partial charge in [-0.2, -0.15) is 0 Å². The molecule has 22 heavy (non-hydrogen) atoms. The molecule has 1 aromatic carbocycles. The van der Waals surface area contributed by atoms with Crippen LogP contribution in [0.2, 0.25) is 5.02 Å². The zero-order valence-corrected chi connectivity index (χ0v) is 14.5. The van der Waals surface area contributed by atoms with Gasteiger partial charge in [-0.05, 0) is 57.0 Å². The number of rotatable bonds is 5. The Labute approximate surface area is 143 Å². The van der Waals surface area contributed by atoms with Crippen molar-refractivity contribution in [3.8, 4) is 0 Å². The number of carbonyl (C=O) groups excluding carboxylic acids is 1. The van der Waals surface area contributed by atoms with Gasteiger partial charge in [-0.25, -0.2) is 0 Å². The number of halogens is 2. The quantitative estimate of drug-likeness (QED) is 0.861. The summed E-state index contributed by atoms with van der Waals surface area (Å²) in [4.78, 5) is 14.3. The summed E-state index contributed by atoms with van der Waals surface area (Å²) in [5, 5.41) is 3.51. The fourth-order valence-electron chi connectivity index (χ4n) is 2.75. The molecule has 1 amide bonds. The van der Waals surface area contributed by atoms with Crippen LogP contribution in [0.5, 0.6) is 0 Å². The molecule has 1 aromatic rings. The summed E-state index contributed by atoms with van der Waals surface area (Å²) >= 11 is 5.90. The Morgan fingerprint density at radius 2 is 2.14 bits per heavy atom. The Hall–Kier alpha value is -0.810. The zero-order valence-electron chi connectivity index (χ0n) is 12.9. The third kappa shape index (κ3) is 6.13. The smallest absolute Gasteiger partial charge is 0.225 e. The lowest BCUT2D eigenvalue weighted by atomic mass is 9.91. The Balaban J connectivity index is 0.00000242. The third-order valence-electron chi connectivity index (χ3n) is 4.14. The topological polar surface area (TPSA) is 58.4 Å². The molecule has 1 heterocycles. The van der Waals surface area contributed by atoms with E-state index in [4.69, 9.17) is 17.3 Å². The van der Waals surface area contributed by atoms with Crippen LogP contribution in [0.3, 0.4) is 0 Å². The summed E-state index contributed by atoms with van der Waals surface area (Å²) in [5.74, 6) is 0.660. The van der Waals surface area contributed by atoms with Gasteiger partial charge < -0.3 is 16.0 Å². The lowest BCUT2D eigenvalue weighted by Crippen LogP contribution is -2.40. The van der Waals surface area contributed by atoms with Gasteiger partial charge in [0.15, 0.2) is 0 Å². The fourth-order valence-corrected chi connectivity index (χ4v) is 2.94. The second-order valence-electron chi connectivity index (χ2n) is 5.85. The number of amides is 1. The number of likely N-dealkylation sites (tertiary alicyclic amines) is 1. The van der Waals surface area contributed by atoms with E-state index in [2.05, 4.69) is 17.1 Å². The van der Waals surface area contributed by atoms with Crippen LogP contribution < -0.4 is 11.1 Å². The number of anilines is 1. The van der Waals surface area contributed by atoms with Gasteiger partial charge in [0.2, 0.25) is 5.91 Å². The highest BCUT2D eigenvalue weighted by molar-refractivity contribution is 6.30. The van der Waals surface area contributed by atoms with Crippen LogP contribution in [0, 0.1) is 5.92 Å². The minimum Gasteiger partial charge on any atom is -0.328 e. The van der Waals surface area contributed by atoms with Crippen molar-refractivity contribution in [1.82, 2.24) is 4.90 Å². The monoisotopic (exact) mass is 345 g/mol. The molecule has 0 aromatic heterocycles. The van der Waals surface area contributed by atoms with Crippen molar-refractivity contribution in [2.75, 3.05) is 25.0 Å². The first-order chi connectivity index (χ1) is 10.0. The van der Waals surface area contributed by atoms with Crippen LogP contribution in [-0.2, 0) is 4.79 Å². The predicted molar refractivity (Wildman–Crippen MR) is 94.8 cm³/mol. The van der Waals surface area contributed by atoms with E-state index in [0.29, 0.717) is 17.4 Å². The van der Waals surface area contributed by atoms with E-state index in [0.717, 1.165) is 38.2 Å². The maximum Gasteiger partial charge on any atom is 0.225 e. The van der Waals surface area contributed by atoms with E-state index in [-0.39, 0.29) is 24.4 Å². The number of carbonyl (C=O) groups is 1. The van der Waals surface area contributed by atoms with Crippen LogP contribution in [0.4, 0.5) is 5.69 Å². The first kappa shape index (κ1) is 19.2. The van der Waals surface area contributed by atoms with Crippen LogP contribution in [-0.4, -0.2) is 36.5 Å². The van der Waals surface area contributed by atoms with Crippen molar-refractivity contribution >= 4 is 35.6 Å². The fraction of sp³-hybridized carbons (Fsp3) is 0.562. The molecule has 0 aliphatic carbocycles. The number of nitrogens with zero attached hydrogens (tertiary/aromatic N) is 1. The number of benzene rings is 1. The normalized spacial score (nSPS) is 17.6. The Bertz CT molecular complexity index is 474. The Kier molecular flexibility index (Phi) is 8.18. The highest BCUT2D eigenvalue weighted by Crippen LogP contribution is 2.20. The number of hydrogen-bond acceptors (Lipinski definition) is 3. The minimum atomic E-state index is 0. The van der Waals surface area contributed by atoms with E-state index in [9.17, 15) is 4.79 Å². The molecule has 6 heteroatoms. The van der Waals surface area contributed by atoms with Gasteiger partial charge >= 0.3 is 0 Å². The van der Waals surface area contributed by atoms with Crippen LogP contribution >= 0.6 is 24.0 Å². The van der Waals surface area contributed by atoms with E-state index in [1.54, 1.807) is 12.1 Å². The summed E-state index contributed by atoms with van der Waals surface area (Å²) in [7, 11) is 0. The van der Waals surface area contributed by atoms with Gasteiger partial charge in [0, 0.05) is 29.7 Å². The van der Waals surface area contributed by atoms with Crippen molar-refractivity contribution < 1.29 is 4.79 Å². The van der Waals surface area contributed by atoms with E-state index < -0.39 is 0 Å². The average Bonchev–Trinajstić information content (AvgIpc) is 2.45. The minimum absolute atomic E-state index is 0. The summed E-state index contributed by atoms with van der Waals surface area (Å²) in [6, 6.07) is 7.50. The third-order valence-corrected chi connectivity index (χ3v) is 4.37. The summed E-state index contributed by atoms with van der Waals surface area (Å²) in [6.07, 6.45) is 2.77. The molecule has 2 rings (SSSR count). The lowest BCUT2D eigenvalue weighted by molar-refractivity contribution is -0.116. The zero-order chi connectivity index (χ0) is 15.2. The Morgan fingerprint density at radius 1 is 1.45 bits per heavy atom. The van der Waals surface area contributed by atoms with Gasteiger partial charge in [-0.1, -0.05) is 17.7 Å². The molecule has 1 aliphatic rings. The van der Waals surface area contributed by atoms with Crippen molar-refractivity contribution in [2.45, 2.75) is 32.2 Å². The molecule has 1 unspecified atom stereocenters. The number of nitrogens with one attached hydrogen (secondary N) is 1. The summed E-state index contributed by atoms with van der Waals surface area (Å²) in [5.41, 5.74) is 6.69. The first-order valence-electron chi connectivity index (χ1n) is 7.58. The first-order valence-corrected chi connectivity index (χ1v) is 7.96. The molecule has 4 nitrogen and oxygen atoms in total. The van der Waals surface area contributed by atoms with Gasteiger partial charge in [0.1, 0.15) is 0 Å². The number of hydrogen-bond donors (Lipinski definition) is 2. The van der Waals surface area contributed by atoms with Gasteiger partial charge in [0.25, 0.3) is 0 Å². The Morgan fingerprint density at radius 3 is 2.73 bits per heavy atom. The maximum absolute atomic E-state index is 11.9. The molecule has 1 fully saturated rings. The highest BCUT2D eigenvalue weighted by atomic mass is 35.5. The molecular weight excluding hydrogens is 321 g/mol. The van der Waals surface area contributed by atoms with Crippen LogP contribution in [0.25, 0.3) is 0 Å². The molecule has 1 saturated heterocycles. The van der Waals surface area contributed by atoms with Crippen molar-refractivity contribution in [1.29, 1.82) is 0 Å². The second kappa shape index (κ2) is 9.36. The summed E-state index contributed by atoms with van der Waals surface area (Å²) < 4.78 is 0. The van der Waals surface area contributed by atoms with Crippen LogP contribution in [0.15, 0.2) is 24.3 Å². The average molecular weight is 346 g/mol. The van der Waals surface area contributed by atoms with Gasteiger partial charge in [-0.3, -0.25) is 4.79 Å². The van der Waals surface area contributed by atoms with E-state index in [1.807, 2.05) is 12.1 Å². The van der Waals surface area contributed by atoms with Crippen molar-refractivity contribution in [3.05, 3.63) is 29.3 Å². The van der Waals surface area contributed by atoms with Crippen molar-refractivity contribution in [2.24, 2.45) is 11.7 Å².